The van der Waals surface area contributed by atoms with E-state index in [0.29, 0.717) is 29.5 Å². The highest BCUT2D eigenvalue weighted by atomic mass is 35.5. The van der Waals surface area contributed by atoms with Gasteiger partial charge >= 0.3 is 0 Å². The van der Waals surface area contributed by atoms with Crippen molar-refractivity contribution in [2.45, 2.75) is 65.2 Å². The predicted octanol–water partition coefficient (Wildman–Crippen LogP) is 8.29. The number of hydrogen-bond acceptors (Lipinski definition) is 8. The summed E-state index contributed by atoms with van der Waals surface area (Å²) in [4.78, 5) is 17.5. The Morgan fingerprint density at radius 3 is 2.37 bits per heavy atom. The van der Waals surface area contributed by atoms with Gasteiger partial charge in [0.25, 0.3) is 6.47 Å². The van der Waals surface area contributed by atoms with Gasteiger partial charge in [0.2, 0.25) is 0 Å². The van der Waals surface area contributed by atoms with Crippen LogP contribution in [0.2, 0.25) is 5.02 Å². The Bertz CT molecular complexity index is 1770. The van der Waals surface area contributed by atoms with Crippen LogP contribution in [0.4, 0.5) is 0 Å². The number of halogens is 1. The van der Waals surface area contributed by atoms with Crippen LogP contribution in [0.5, 0.6) is 17.2 Å². The van der Waals surface area contributed by atoms with Crippen LogP contribution in [-0.2, 0) is 24.6 Å². The van der Waals surface area contributed by atoms with Crippen LogP contribution in [-0.4, -0.2) is 65.7 Å². The Hall–Kier alpha value is -4.62. The van der Waals surface area contributed by atoms with E-state index >= 15 is 0 Å². The number of pyridine rings is 1. The topological polar surface area (TPSA) is 108 Å². The molecule has 4 aromatic rings. The van der Waals surface area contributed by atoms with Crippen LogP contribution in [0.15, 0.2) is 73.1 Å². The summed E-state index contributed by atoms with van der Waals surface area (Å²) in [5.74, 6) is 2.20. The molecule has 0 bridgehead atoms. The molecule has 1 N–H and O–H groups in total. The first-order valence-electron chi connectivity index (χ1n) is 17.7. The maximum Gasteiger partial charge on any atom is 0.290 e. The number of hydrogen-bond donors (Lipinski definition) is 1. The van der Waals surface area contributed by atoms with Crippen molar-refractivity contribution in [1.82, 2.24) is 14.8 Å². The molecule has 0 atom stereocenters. The average molecular weight is 711 g/mol. The third-order valence-corrected chi connectivity index (χ3v) is 9.63. The van der Waals surface area contributed by atoms with Gasteiger partial charge in [-0.3, -0.25) is 14.7 Å². The van der Waals surface area contributed by atoms with Crippen LogP contribution in [0.1, 0.15) is 66.3 Å². The monoisotopic (exact) mass is 710 g/mol. The molecule has 51 heavy (non-hydrogen) atoms. The Balaban J connectivity index is 0.00000162. The van der Waals surface area contributed by atoms with E-state index in [1.54, 1.807) is 18.5 Å². The van der Waals surface area contributed by atoms with Gasteiger partial charge in [0.05, 0.1) is 17.2 Å². The molecule has 2 aliphatic heterocycles. The second kappa shape index (κ2) is 19.7. The molecule has 6 rings (SSSR count). The zero-order valence-corrected chi connectivity index (χ0v) is 30.1. The quantitative estimate of drug-likeness (QED) is 0.102. The number of nitrogens with zero attached hydrogens (tertiary/aromatic N) is 4. The first kappa shape index (κ1) is 37.6. The largest absolute Gasteiger partial charge is 0.494 e. The molecule has 2 saturated heterocycles. The average Bonchev–Trinajstić information content (AvgIpc) is 3.68. The number of benzene rings is 3. The number of rotatable bonds is 14. The maximum absolute atomic E-state index is 9.30. The van der Waals surface area contributed by atoms with Gasteiger partial charge in [0.1, 0.15) is 36.5 Å². The summed E-state index contributed by atoms with van der Waals surface area (Å²) in [5.41, 5.74) is 6.88. The first-order chi connectivity index (χ1) is 25.0. The number of ether oxygens (including phenoxy) is 3. The minimum Gasteiger partial charge on any atom is -0.494 e. The van der Waals surface area contributed by atoms with E-state index in [1.165, 1.54) is 45.2 Å². The Labute approximate surface area is 306 Å². The Morgan fingerprint density at radius 2 is 1.59 bits per heavy atom. The third kappa shape index (κ3) is 11.2. The lowest BCUT2D eigenvalue weighted by Crippen LogP contribution is -2.29. The van der Waals surface area contributed by atoms with Gasteiger partial charge < -0.3 is 24.2 Å². The summed E-state index contributed by atoms with van der Waals surface area (Å²) < 4.78 is 18.9. The molecule has 0 spiro atoms. The molecule has 3 heterocycles. The summed E-state index contributed by atoms with van der Waals surface area (Å²) in [6.07, 6.45) is 10.6. The molecule has 268 valence electrons. The zero-order valence-electron chi connectivity index (χ0n) is 29.4. The van der Waals surface area contributed by atoms with Crippen molar-refractivity contribution in [3.63, 3.8) is 0 Å². The van der Waals surface area contributed by atoms with Gasteiger partial charge in [-0.05, 0) is 112 Å². The highest BCUT2D eigenvalue weighted by Crippen LogP contribution is 2.36. The maximum atomic E-state index is 9.30. The lowest BCUT2D eigenvalue weighted by atomic mass is 9.96. The van der Waals surface area contributed by atoms with Gasteiger partial charge in [-0.1, -0.05) is 48.4 Å². The predicted molar refractivity (Wildman–Crippen MR) is 199 cm³/mol. The van der Waals surface area contributed by atoms with E-state index in [-0.39, 0.29) is 6.47 Å². The van der Waals surface area contributed by atoms with Crippen LogP contribution >= 0.6 is 11.6 Å². The number of carboxylic acid groups (broad SMARTS) is 1. The molecule has 1 aromatic heterocycles. The fraction of sp³-hybridized carbons (Fsp3) is 0.390. The van der Waals surface area contributed by atoms with Gasteiger partial charge in [0.15, 0.2) is 0 Å². The molecule has 3 aromatic carbocycles. The standard InChI is InChI=1S/C40H45ClN4O3.CH2O2/c1-30-34(11-8-13-37(30)33-10-7-12-36(21-33)46-19-9-18-44-14-5-6-15-44)29-48-40-23-39(47-28-32-20-31(24-42)25-43-26-32)35(22-38(40)41)27-45-16-3-2-4-17-45;2-1-3/h7-8,10-13,20-23,25-26H,2-6,9,14-19,27-29H2,1H3;1H,(H,2,3). The van der Waals surface area contributed by atoms with Crippen molar-refractivity contribution in [3.8, 4) is 34.4 Å². The van der Waals surface area contributed by atoms with E-state index in [4.69, 9.17) is 35.7 Å². The van der Waals surface area contributed by atoms with Crippen molar-refractivity contribution >= 4 is 18.1 Å². The SMILES string of the molecule is Cc1c(COc2cc(OCc3cncc(C#N)c3)c(CN3CCCCC3)cc2Cl)cccc1-c1cccc(OCCCN2CCCC2)c1.O=CO. The summed E-state index contributed by atoms with van der Waals surface area (Å²) >= 11 is 6.85. The molecule has 0 unspecified atom stereocenters. The molecule has 0 aliphatic carbocycles. The summed E-state index contributed by atoms with van der Waals surface area (Å²) in [6.45, 7) is 9.69. The van der Waals surface area contributed by atoms with E-state index in [1.807, 2.05) is 18.2 Å². The van der Waals surface area contributed by atoms with E-state index in [0.717, 1.165) is 84.1 Å². The van der Waals surface area contributed by atoms with Gasteiger partial charge in [0, 0.05) is 42.7 Å². The second-order valence-electron chi connectivity index (χ2n) is 13.0. The lowest BCUT2D eigenvalue weighted by molar-refractivity contribution is -0.122. The highest BCUT2D eigenvalue weighted by Gasteiger charge is 2.18. The van der Waals surface area contributed by atoms with Crippen LogP contribution < -0.4 is 14.2 Å². The normalized spacial score (nSPS) is 14.6. The van der Waals surface area contributed by atoms with Crippen LogP contribution in [0.25, 0.3) is 11.1 Å². The van der Waals surface area contributed by atoms with Crippen molar-refractivity contribution < 1.29 is 24.1 Å². The first-order valence-corrected chi connectivity index (χ1v) is 18.1. The summed E-state index contributed by atoms with van der Waals surface area (Å²) in [6, 6.07) is 22.5. The van der Waals surface area contributed by atoms with Gasteiger partial charge in [-0.2, -0.15) is 5.26 Å². The number of nitriles is 1. The van der Waals surface area contributed by atoms with Gasteiger partial charge in [-0.25, -0.2) is 0 Å². The molecule has 0 radical (unpaired) electrons. The van der Waals surface area contributed by atoms with Gasteiger partial charge in [-0.15, -0.1) is 0 Å². The minimum atomic E-state index is -0.250. The molecule has 0 amide bonds. The molecule has 9 nitrogen and oxygen atoms in total. The van der Waals surface area contributed by atoms with E-state index in [9.17, 15) is 5.26 Å². The lowest BCUT2D eigenvalue weighted by Gasteiger charge is -2.27. The van der Waals surface area contributed by atoms with Crippen molar-refractivity contribution in [1.29, 1.82) is 5.26 Å². The highest BCUT2D eigenvalue weighted by molar-refractivity contribution is 6.32. The number of likely N-dealkylation sites (tertiary alicyclic amines) is 2. The zero-order chi connectivity index (χ0) is 35.8. The summed E-state index contributed by atoms with van der Waals surface area (Å²) in [5, 5.41) is 16.8. The number of carbonyl (C=O) groups is 1. The molecular weight excluding hydrogens is 664 g/mol. The van der Waals surface area contributed by atoms with Crippen LogP contribution in [0.3, 0.4) is 0 Å². The number of aromatic nitrogens is 1. The molecule has 10 heteroatoms. The minimum absolute atomic E-state index is 0.250. The summed E-state index contributed by atoms with van der Waals surface area (Å²) in [7, 11) is 0. The number of piperidine rings is 1. The molecular formula is C41H47ClN4O5. The second-order valence-corrected chi connectivity index (χ2v) is 13.4. The van der Waals surface area contributed by atoms with Crippen LogP contribution in [0, 0.1) is 18.3 Å². The van der Waals surface area contributed by atoms with E-state index < -0.39 is 0 Å². The smallest absolute Gasteiger partial charge is 0.290 e. The molecule has 2 fully saturated rings. The fourth-order valence-corrected chi connectivity index (χ4v) is 6.88. The Kier molecular flexibility index (Phi) is 14.5. The molecule has 0 saturated carbocycles. The van der Waals surface area contributed by atoms with Crippen molar-refractivity contribution in [2.24, 2.45) is 0 Å². The van der Waals surface area contributed by atoms with E-state index in [2.05, 4.69) is 64.2 Å². The van der Waals surface area contributed by atoms with Crippen molar-refractivity contribution in [2.75, 3.05) is 39.3 Å². The fourth-order valence-electron chi connectivity index (χ4n) is 6.64. The third-order valence-electron chi connectivity index (χ3n) is 9.34. The Morgan fingerprint density at radius 1 is 0.863 bits per heavy atom. The molecule has 2 aliphatic rings. The van der Waals surface area contributed by atoms with Crippen molar-refractivity contribution in [3.05, 3.63) is 106 Å².